The van der Waals surface area contributed by atoms with Gasteiger partial charge in [0, 0.05) is 6.07 Å². The molecule has 0 saturated heterocycles. The molecule has 2 aromatic carbocycles. The smallest absolute Gasteiger partial charge is 0.152 e. The first kappa shape index (κ1) is 13.8. The van der Waals surface area contributed by atoms with Crippen LogP contribution in [0.4, 0.5) is 4.39 Å². The normalized spacial score (nSPS) is 10.3. The lowest BCUT2D eigenvalue weighted by Crippen LogP contribution is -1.97. The summed E-state index contributed by atoms with van der Waals surface area (Å²) in [6, 6.07) is 9.18. The third kappa shape index (κ3) is 3.46. The molecule has 0 bridgehead atoms. The van der Waals surface area contributed by atoms with Gasteiger partial charge in [0.25, 0.3) is 0 Å². The SMILES string of the molecule is O=Cc1ccc(OCc2ccc(Cl)c(Cl)c2)cc1F. The highest BCUT2D eigenvalue weighted by Gasteiger charge is 2.04. The van der Waals surface area contributed by atoms with Crippen molar-refractivity contribution in [2.24, 2.45) is 0 Å². The van der Waals surface area contributed by atoms with Crippen LogP contribution in [0.5, 0.6) is 5.75 Å². The van der Waals surface area contributed by atoms with Gasteiger partial charge in [0.1, 0.15) is 18.2 Å². The zero-order valence-corrected chi connectivity index (χ0v) is 11.2. The van der Waals surface area contributed by atoms with E-state index in [1.54, 1.807) is 18.2 Å². The van der Waals surface area contributed by atoms with Gasteiger partial charge in [-0.1, -0.05) is 29.3 Å². The number of hydrogen-bond donors (Lipinski definition) is 0. The standard InChI is InChI=1S/C14H9Cl2FO2/c15-12-4-1-9(5-13(12)16)8-19-11-3-2-10(7-18)14(17)6-11/h1-7H,8H2. The largest absolute Gasteiger partial charge is 0.489 e. The highest BCUT2D eigenvalue weighted by atomic mass is 35.5. The van der Waals surface area contributed by atoms with Crippen molar-refractivity contribution >= 4 is 29.5 Å². The van der Waals surface area contributed by atoms with Crippen molar-refractivity contribution in [2.45, 2.75) is 6.61 Å². The summed E-state index contributed by atoms with van der Waals surface area (Å²) in [4.78, 5) is 10.5. The summed E-state index contributed by atoms with van der Waals surface area (Å²) in [5.41, 5.74) is 0.816. The van der Waals surface area contributed by atoms with Gasteiger partial charge in [0.15, 0.2) is 6.29 Å². The van der Waals surface area contributed by atoms with Crippen LogP contribution in [0.3, 0.4) is 0 Å². The molecule has 0 aromatic heterocycles. The predicted octanol–water partition coefficient (Wildman–Crippen LogP) is 4.52. The molecule has 0 spiro atoms. The van der Waals surface area contributed by atoms with E-state index in [2.05, 4.69) is 0 Å². The van der Waals surface area contributed by atoms with Crippen LogP contribution in [-0.2, 0) is 6.61 Å². The fourth-order valence-electron chi connectivity index (χ4n) is 1.49. The van der Waals surface area contributed by atoms with Crippen molar-refractivity contribution in [3.8, 4) is 5.75 Å². The first-order valence-electron chi connectivity index (χ1n) is 5.41. The van der Waals surface area contributed by atoms with Gasteiger partial charge in [-0.2, -0.15) is 0 Å². The molecule has 19 heavy (non-hydrogen) atoms. The molecule has 0 N–H and O–H groups in total. The van der Waals surface area contributed by atoms with Crippen molar-refractivity contribution < 1.29 is 13.9 Å². The lowest BCUT2D eigenvalue weighted by Gasteiger charge is -2.07. The highest BCUT2D eigenvalue weighted by Crippen LogP contribution is 2.23. The lowest BCUT2D eigenvalue weighted by molar-refractivity contribution is 0.111. The third-order valence-electron chi connectivity index (χ3n) is 2.49. The Hall–Kier alpha value is -1.58. The van der Waals surface area contributed by atoms with E-state index in [1.807, 2.05) is 0 Å². The van der Waals surface area contributed by atoms with Crippen LogP contribution in [-0.4, -0.2) is 6.29 Å². The van der Waals surface area contributed by atoms with Crippen molar-refractivity contribution in [1.29, 1.82) is 0 Å². The molecule has 0 saturated carbocycles. The molecular weight excluding hydrogens is 290 g/mol. The molecule has 2 aromatic rings. The molecule has 5 heteroatoms. The second-order valence-corrected chi connectivity index (χ2v) is 4.65. The van der Waals surface area contributed by atoms with Crippen molar-refractivity contribution in [3.63, 3.8) is 0 Å². The number of halogens is 3. The topological polar surface area (TPSA) is 26.3 Å². The van der Waals surface area contributed by atoms with Crippen LogP contribution < -0.4 is 4.74 Å². The van der Waals surface area contributed by atoms with Crippen molar-refractivity contribution in [3.05, 3.63) is 63.4 Å². The van der Waals surface area contributed by atoms with E-state index < -0.39 is 5.82 Å². The molecule has 0 atom stereocenters. The Labute approximate surface area is 119 Å². The zero-order valence-electron chi connectivity index (χ0n) is 9.70. The second kappa shape index (κ2) is 6.04. The Morgan fingerprint density at radius 3 is 2.53 bits per heavy atom. The molecule has 0 unspecified atom stereocenters. The highest BCUT2D eigenvalue weighted by molar-refractivity contribution is 6.42. The minimum atomic E-state index is -0.610. The predicted molar refractivity (Wildman–Crippen MR) is 72.6 cm³/mol. The maximum atomic E-state index is 13.3. The van der Waals surface area contributed by atoms with Gasteiger partial charge in [0.05, 0.1) is 15.6 Å². The summed E-state index contributed by atoms with van der Waals surface area (Å²) in [6.07, 6.45) is 0.456. The first-order valence-corrected chi connectivity index (χ1v) is 6.17. The number of benzene rings is 2. The Kier molecular flexibility index (Phi) is 4.40. The van der Waals surface area contributed by atoms with E-state index in [-0.39, 0.29) is 12.2 Å². The summed E-state index contributed by atoms with van der Waals surface area (Å²) < 4.78 is 18.8. The number of rotatable bonds is 4. The average molecular weight is 299 g/mol. The second-order valence-electron chi connectivity index (χ2n) is 3.84. The van der Waals surface area contributed by atoms with E-state index >= 15 is 0 Å². The number of carbonyl (C=O) groups excluding carboxylic acids is 1. The molecule has 0 aliphatic carbocycles. The van der Waals surface area contributed by atoms with Crippen LogP contribution in [0.15, 0.2) is 36.4 Å². The van der Waals surface area contributed by atoms with Gasteiger partial charge >= 0.3 is 0 Å². The van der Waals surface area contributed by atoms with Crippen LogP contribution in [0.2, 0.25) is 10.0 Å². The van der Waals surface area contributed by atoms with Gasteiger partial charge in [-0.3, -0.25) is 4.79 Å². The Bertz CT molecular complexity index is 614. The van der Waals surface area contributed by atoms with Crippen molar-refractivity contribution in [1.82, 2.24) is 0 Å². The molecule has 0 aliphatic heterocycles. The summed E-state index contributed by atoms with van der Waals surface area (Å²) >= 11 is 11.7. The molecule has 0 aliphatic rings. The molecule has 2 rings (SSSR count). The summed E-state index contributed by atoms with van der Waals surface area (Å²) in [5, 5.41) is 0.900. The van der Waals surface area contributed by atoms with Gasteiger partial charge in [-0.15, -0.1) is 0 Å². The van der Waals surface area contributed by atoms with Gasteiger partial charge < -0.3 is 4.74 Å². The molecule has 98 valence electrons. The van der Waals surface area contributed by atoms with E-state index in [4.69, 9.17) is 27.9 Å². The van der Waals surface area contributed by atoms with Gasteiger partial charge in [-0.25, -0.2) is 4.39 Å². The summed E-state index contributed by atoms with van der Waals surface area (Å²) in [5.74, 6) is -0.268. The molecule has 0 fully saturated rings. The molecule has 0 amide bonds. The molecule has 0 heterocycles. The van der Waals surface area contributed by atoms with Gasteiger partial charge in [0.2, 0.25) is 0 Å². The maximum Gasteiger partial charge on any atom is 0.152 e. The molecule has 0 radical (unpaired) electrons. The van der Waals surface area contributed by atoms with Crippen LogP contribution >= 0.6 is 23.2 Å². The number of ether oxygens (including phenoxy) is 1. The Morgan fingerprint density at radius 1 is 1.11 bits per heavy atom. The van der Waals surface area contributed by atoms with Crippen LogP contribution in [0, 0.1) is 5.82 Å². The average Bonchev–Trinajstić information content (AvgIpc) is 2.40. The van der Waals surface area contributed by atoms with Crippen molar-refractivity contribution in [2.75, 3.05) is 0 Å². The van der Waals surface area contributed by atoms with E-state index in [9.17, 15) is 9.18 Å². The maximum absolute atomic E-state index is 13.3. The number of hydrogen-bond acceptors (Lipinski definition) is 2. The van der Waals surface area contributed by atoms with Gasteiger partial charge in [-0.05, 0) is 29.8 Å². The van der Waals surface area contributed by atoms with Crippen LogP contribution in [0.1, 0.15) is 15.9 Å². The fraction of sp³-hybridized carbons (Fsp3) is 0.0714. The number of carbonyl (C=O) groups is 1. The lowest BCUT2D eigenvalue weighted by atomic mass is 10.2. The monoisotopic (exact) mass is 298 g/mol. The number of aldehydes is 1. The zero-order chi connectivity index (χ0) is 13.8. The summed E-state index contributed by atoms with van der Waals surface area (Å²) in [7, 11) is 0. The minimum Gasteiger partial charge on any atom is -0.489 e. The minimum absolute atomic E-state index is 0.00175. The molecule has 2 nitrogen and oxygen atoms in total. The quantitative estimate of drug-likeness (QED) is 0.776. The van der Waals surface area contributed by atoms with E-state index in [1.165, 1.54) is 18.2 Å². The summed E-state index contributed by atoms with van der Waals surface area (Å²) in [6.45, 7) is 0.233. The first-order chi connectivity index (χ1) is 9.10. The van der Waals surface area contributed by atoms with Crippen LogP contribution in [0.25, 0.3) is 0 Å². The Balaban J connectivity index is 2.07. The van der Waals surface area contributed by atoms with E-state index in [0.717, 1.165) is 5.56 Å². The van der Waals surface area contributed by atoms with E-state index in [0.29, 0.717) is 22.1 Å². The third-order valence-corrected chi connectivity index (χ3v) is 3.23. The Morgan fingerprint density at radius 2 is 1.89 bits per heavy atom. The fourth-order valence-corrected chi connectivity index (χ4v) is 1.81. The molecular formula is C14H9Cl2FO2.